The van der Waals surface area contributed by atoms with Crippen molar-refractivity contribution in [3.05, 3.63) is 24.3 Å². The molecule has 1 aromatic rings. The third-order valence-electron chi connectivity index (χ3n) is 2.91. The van der Waals surface area contributed by atoms with E-state index in [1.165, 1.54) is 0 Å². The van der Waals surface area contributed by atoms with Crippen LogP contribution in [0.3, 0.4) is 0 Å². The van der Waals surface area contributed by atoms with Crippen LogP contribution in [0.1, 0.15) is 34.1 Å². The molecule has 18 heavy (non-hydrogen) atoms. The molecule has 0 saturated heterocycles. The average Bonchev–Trinajstić information content (AvgIpc) is 2.36. The molecule has 1 N–H and O–H groups in total. The summed E-state index contributed by atoms with van der Waals surface area (Å²) in [6.45, 7) is 10.0. The van der Waals surface area contributed by atoms with E-state index in [0.717, 1.165) is 24.5 Å². The molecule has 0 heterocycles. The van der Waals surface area contributed by atoms with Crippen LogP contribution in [0.25, 0.3) is 0 Å². The summed E-state index contributed by atoms with van der Waals surface area (Å²) in [4.78, 5) is 0. The quantitative estimate of drug-likeness (QED) is 0.769. The smallest absolute Gasteiger partial charge is 0.123 e. The molecule has 0 radical (unpaired) electrons. The third-order valence-corrected chi connectivity index (χ3v) is 2.91. The van der Waals surface area contributed by atoms with Crippen LogP contribution in [0.2, 0.25) is 0 Å². The fourth-order valence-electron chi connectivity index (χ4n) is 2.01. The lowest BCUT2D eigenvalue weighted by Gasteiger charge is -2.24. The van der Waals surface area contributed by atoms with Crippen LogP contribution in [-0.2, 0) is 0 Å². The van der Waals surface area contributed by atoms with Crippen molar-refractivity contribution in [1.82, 2.24) is 5.32 Å². The second-order valence-corrected chi connectivity index (χ2v) is 4.30. The molecule has 2 atom stereocenters. The third kappa shape index (κ3) is 4.57. The Morgan fingerprint density at radius 3 is 2.50 bits per heavy atom. The van der Waals surface area contributed by atoms with E-state index in [4.69, 9.17) is 9.47 Å². The highest BCUT2D eigenvalue weighted by Gasteiger charge is 2.15. The van der Waals surface area contributed by atoms with Gasteiger partial charge < -0.3 is 14.8 Å². The lowest BCUT2D eigenvalue weighted by molar-refractivity contribution is 0.167. The SMILES string of the molecule is CCNC(CC)C(C)Oc1cccc(OCC)c1. The summed E-state index contributed by atoms with van der Waals surface area (Å²) in [6.07, 6.45) is 1.20. The Labute approximate surface area is 110 Å². The maximum absolute atomic E-state index is 5.96. The molecular formula is C15H25NO2. The number of benzene rings is 1. The van der Waals surface area contributed by atoms with E-state index in [1.54, 1.807) is 0 Å². The van der Waals surface area contributed by atoms with Gasteiger partial charge in [-0.05, 0) is 38.9 Å². The lowest BCUT2D eigenvalue weighted by atomic mass is 10.1. The minimum Gasteiger partial charge on any atom is -0.494 e. The first-order chi connectivity index (χ1) is 8.71. The van der Waals surface area contributed by atoms with Crippen molar-refractivity contribution < 1.29 is 9.47 Å². The van der Waals surface area contributed by atoms with Crippen LogP contribution in [0.4, 0.5) is 0 Å². The van der Waals surface area contributed by atoms with Gasteiger partial charge in [-0.1, -0.05) is 19.9 Å². The Kier molecular flexibility index (Phi) is 6.58. The fraction of sp³-hybridized carbons (Fsp3) is 0.600. The van der Waals surface area contributed by atoms with Gasteiger partial charge in [-0.15, -0.1) is 0 Å². The van der Waals surface area contributed by atoms with Gasteiger partial charge >= 0.3 is 0 Å². The summed E-state index contributed by atoms with van der Waals surface area (Å²) < 4.78 is 11.4. The highest BCUT2D eigenvalue weighted by Crippen LogP contribution is 2.21. The van der Waals surface area contributed by atoms with E-state index < -0.39 is 0 Å². The molecule has 2 unspecified atom stereocenters. The number of hydrogen-bond acceptors (Lipinski definition) is 3. The number of ether oxygens (including phenoxy) is 2. The maximum atomic E-state index is 5.96. The van der Waals surface area contributed by atoms with Crippen LogP contribution < -0.4 is 14.8 Å². The first-order valence-electron chi connectivity index (χ1n) is 6.84. The standard InChI is InChI=1S/C15H25NO2/c1-5-15(16-6-2)12(4)18-14-10-8-9-13(11-14)17-7-3/h8-12,15-16H,5-7H2,1-4H3. The van der Waals surface area contributed by atoms with E-state index in [0.29, 0.717) is 12.6 Å². The van der Waals surface area contributed by atoms with E-state index in [2.05, 4.69) is 26.1 Å². The monoisotopic (exact) mass is 251 g/mol. The van der Waals surface area contributed by atoms with Gasteiger partial charge in [-0.2, -0.15) is 0 Å². The minimum absolute atomic E-state index is 0.145. The van der Waals surface area contributed by atoms with Gasteiger partial charge in [0.15, 0.2) is 0 Å². The first-order valence-corrected chi connectivity index (χ1v) is 6.84. The molecule has 0 aromatic heterocycles. The number of nitrogens with one attached hydrogen (secondary N) is 1. The molecule has 3 nitrogen and oxygen atoms in total. The second-order valence-electron chi connectivity index (χ2n) is 4.30. The molecule has 0 bridgehead atoms. The maximum Gasteiger partial charge on any atom is 0.123 e. The highest BCUT2D eigenvalue weighted by atomic mass is 16.5. The molecule has 0 aliphatic rings. The molecular weight excluding hydrogens is 226 g/mol. The van der Waals surface area contributed by atoms with Crippen molar-refractivity contribution in [1.29, 1.82) is 0 Å². The minimum atomic E-state index is 0.145. The topological polar surface area (TPSA) is 30.5 Å². The van der Waals surface area contributed by atoms with Gasteiger partial charge in [-0.3, -0.25) is 0 Å². The number of likely N-dealkylation sites (N-methyl/N-ethyl adjacent to an activating group) is 1. The van der Waals surface area contributed by atoms with Gasteiger partial charge in [0.2, 0.25) is 0 Å². The zero-order chi connectivity index (χ0) is 13.4. The summed E-state index contributed by atoms with van der Waals surface area (Å²) >= 11 is 0. The summed E-state index contributed by atoms with van der Waals surface area (Å²) in [5.74, 6) is 1.73. The largest absolute Gasteiger partial charge is 0.494 e. The van der Waals surface area contributed by atoms with E-state index in [9.17, 15) is 0 Å². The average molecular weight is 251 g/mol. The summed E-state index contributed by atoms with van der Waals surface area (Å²) in [5, 5.41) is 3.44. The van der Waals surface area contributed by atoms with Crippen molar-refractivity contribution in [3.63, 3.8) is 0 Å². The van der Waals surface area contributed by atoms with Crippen molar-refractivity contribution >= 4 is 0 Å². The predicted molar refractivity (Wildman–Crippen MR) is 75.5 cm³/mol. The molecule has 0 amide bonds. The number of rotatable bonds is 8. The first kappa shape index (κ1) is 14.8. The highest BCUT2D eigenvalue weighted by molar-refractivity contribution is 5.33. The zero-order valence-electron chi connectivity index (χ0n) is 11.9. The fourth-order valence-corrected chi connectivity index (χ4v) is 2.01. The Hall–Kier alpha value is -1.22. The molecule has 0 aliphatic heterocycles. The van der Waals surface area contributed by atoms with Gasteiger partial charge in [0.05, 0.1) is 6.61 Å². The van der Waals surface area contributed by atoms with Crippen LogP contribution >= 0.6 is 0 Å². The van der Waals surface area contributed by atoms with E-state index in [-0.39, 0.29) is 6.10 Å². The normalized spacial score (nSPS) is 14.0. The summed E-state index contributed by atoms with van der Waals surface area (Å²) in [7, 11) is 0. The Bertz CT molecular complexity index is 341. The van der Waals surface area contributed by atoms with Crippen molar-refractivity contribution in [2.75, 3.05) is 13.2 Å². The molecule has 0 aliphatic carbocycles. The Morgan fingerprint density at radius 2 is 1.89 bits per heavy atom. The predicted octanol–water partition coefficient (Wildman–Crippen LogP) is 3.24. The Balaban J connectivity index is 2.62. The van der Waals surface area contributed by atoms with E-state index >= 15 is 0 Å². The van der Waals surface area contributed by atoms with E-state index in [1.807, 2.05) is 31.2 Å². The molecule has 1 aromatic carbocycles. The van der Waals surface area contributed by atoms with Crippen LogP contribution in [0.15, 0.2) is 24.3 Å². The summed E-state index contributed by atoms with van der Waals surface area (Å²) in [6, 6.07) is 8.20. The zero-order valence-corrected chi connectivity index (χ0v) is 11.9. The molecule has 3 heteroatoms. The van der Waals surface area contributed by atoms with Crippen LogP contribution in [0, 0.1) is 0 Å². The van der Waals surface area contributed by atoms with Gasteiger partial charge in [0, 0.05) is 12.1 Å². The van der Waals surface area contributed by atoms with Gasteiger partial charge in [0.1, 0.15) is 17.6 Å². The van der Waals surface area contributed by atoms with Crippen LogP contribution in [0.5, 0.6) is 11.5 Å². The number of hydrogen-bond donors (Lipinski definition) is 1. The molecule has 0 fully saturated rings. The molecule has 1 rings (SSSR count). The van der Waals surface area contributed by atoms with Gasteiger partial charge in [0.25, 0.3) is 0 Å². The lowest BCUT2D eigenvalue weighted by Crippen LogP contribution is -2.40. The molecule has 0 spiro atoms. The molecule has 0 saturated carbocycles. The van der Waals surface area contributed by atoms with Crippen molar-refractivity contribution in [2.24, 2.45) is 0 Å². The van der Waals surface area contributed by atoms with Crippen molar-refractivity contribution in [2.45, 2.75) is 46.3 Å². The second kappa shape index (κ2) is 7.98. The van der Waals surface area contributed by atoms with Gasteiger partial charge in [-0.25, -0.2) is 0 Å². The van der Waals surface area contributed by atoms with Crippen LogP contribution in [-0.4, -0.2) is 25.3 Å². The Morgan fingerprint density at radius 1 is 1.17 bits per heavy atom. The van der Waals surface area contributed by atoms with Crippen molar-refractivity contribution in [3.8, 4) is 11.5 Å². The summed E-state index contributed by atoms with van der Waals surface area (Å²) in [5.41, 5.74) is 0. The molecule has 102 valence electrons.